The van der Waals surface area contributed by atoms with Crippen LogP contribution in [0.5, 0.6) is 0 Å². The first kappa shape index (κ1) is 13.3. The topological polar surface area (TPSA) is 21.3 Å². The summed E-state index contributed by atoms with van der Waals surface area (Å²) in [5, 5.41) is 3.63. The van der Waals surface area contributed by atoms with Gasteiger partial charge in [-0.1, -0.05) is 13.8 Å². The van der Waals surface area contributed by atoms with Crippen molar-refractivity contribution < 1.29 is 4.74 Å². The molecule has 0 aromatic rings. The quantitative estimate of drug-likeness (QED) is 0.649. The lowest BCUT2D eigenvalue weighted by Gasteiger charge is -2.24. The third-order valence-corrected chi connectivity index (χ3v) is 4.02. The second kappa shape index (κ2) is 8.43. The lowest BCUT2D eigenvalue weighted by molar-refractivity contribution is 0.0969. The van der Waals surface area contributed by atoms with Gasteiger partial charge in [-0.3, -0.25) is 0 Å². The first-order chi connectivity index (χ1) is 7.38. The van der Waals surface area contributed by atoms with Gasteiger partial charge in [-0.05, 0) is 43.2 Å². The molecule has 2 atom stereocenters. The van der Waals surface area contributed by atoms with E-state index in [0.29, 0.717) is 6.04 Å². The smallest absolute Gasteiger partial charge is 0.0622 e. The summed E-state index contributed by atoms with van der Waals surface area (Å²) in [5.74, 6) is 3.48. The molecule has 1 aliphatic rings. The Kier molecular flexibility index (Phi) is 7.49. The SMILES string of the molecule is CCCNC(COCCC)C1CCSC1. The van der Waals surface area contributed by atoms with Crippen molar-refractivity contribution in [2.75, 3.05) is 31.3 Å². The maximum absolute atomic E-state index is 5.68. The Hall–Kier alpha value is 0.270. The summed E-state index contributed by atoms with van der Waals surface area (Å²) in [6, 6.07) is 0.589. The summed E-state index contributed by atoms with van der Waals surface area (Å²) in [6.45, 7) is 7.32. The van der Waals surface area contributed by atoms with Crippen LogP contribution < -0.4 is 5.32 Å². The van der Waals surface area contributed by atoms with E-state index in [9.17, 15) is 0 Å². The molecule has 2 unspecified atom stereocenters. The van der Waals surface area contributed by atoms with Gasteiger partial charge in [0, 0.05) is 12.6 Å². The maximum atomic E-state index is 5.68. The molecule has 1 saturated heterocycles. The van der Waals surface area contributed by atoms with E-state index in [4.69, 9.17) is 4.74 Å². The predicted octanol–water partition coefficient (Wildman–Crippen LogP) is 2.53. The average Bonchev–Trinajstić information content (AvgIpc) is 2.76. The van der Waals surface area contributed by atoms with Gasteiger partial charge in [0.15, 0.2) is 0 Å². The van der Waals surface area contributed by atoms with Crippen LogP contribution in [-0.2, 0) is 4.74 Å². The molecule has 0 amide bonds. The van der Waals surface area contributed by atoms with Crippen LogP contribution in [0.3, 0.4) is 0 Å². The zero-order chi connectivity index (χ0) is 10.9. The van der Waals surface area contributed by atoms with Crippen molar-refractivity contribution in [3.8, 4) is 0 Å². The van der Waals surface area contributed by atoms with Gasteiger partial charge in [-0.15, -0.1) is 0 Å². The van der Waals surface area contributed by atoms with Gasteiger partial charge in [0.05, 0.1) is 6.61 Å². The highest BCUT2D eigenvalue weighted by Gasteiger charge is 2.24. The summed E-state index contributed by atoms with van der Waals surface area (Å²) in [4.78, 5) is 0. The van der Waals surface area contributed by atoms with E-state index >= 15 is 0 Å². The number of nitrogens with one attached hydrogen (secondary N) is 1. The fraction of sp³-hybridized carbons (Fsp3) is 1.00. The average molecular weight is 231 g/mol. The molecule has 1 rings (SSSR count). The lowest BCUT2D eigenvalue weighted by atomic mass is 10.00. The Balaban J connectivity index is 2.23. The predicted molar refractivity (Wildman–Crippen MR) is 68.6 cm³/mol. The minimum Gasteiger partial charge on any atom is -0.380 e. The Labute approximate surface area is 98.5 Å². The van der Waals surface area contributed by atoms with E-state index in [1.54, 1.807) is 0 Å². The van der Waals surface area contributed by atoms with Gasteiger partial charge in [0.2, 0.25) is 0 Å². The highest BCUT2D eigenvalue weighted by atomic mass is 32.2. The van der Waals surface area contributed by atoms with E-state index in [0.717, 1.165) is 32.1 Å². The Morgan fingerprint density at radius 3 is 2.87 bits per heavy atom. The largest absolute Gasteiger partial charge is 0.380 e. The Morgan fingerprint density at radius 1 is 1.40 bits per heavy atom. The van der Waals surface area contributed by atoms with Gasteiger partial charge in [0.25, 0.3) is 0 Å². The summed E-state index contributed by atoms with van der Waals surface area (Å²) < 4.78 is 5.68. The zero-order valence-electron chi connectivity index (χ0n) is 10.1. The van der Waals surface area contributed by atoms with Crippen molar-refractivity contribution in [1.82, 2.24) is 5.32 Å². The van der Waals surface area contributed by atoms with Crippen LogP contribution in [-0.4, -0.2) is 37.3 Å². The Morgan fingerprint density at radius 2 is 2.27 bits per heavy atom. The molecule has 1 heterocycles. The molecule has 1 aliphatic heterocycles. The highest BCUT2D eigenvalue weighted by Crippen LogP contribution is 2.26. The van der Waals surface area contributed by atoms with Crippen LogP contribution in [0.1, 0.15) is 33.1 Å². The Bertz CT molecular complexity index is 149. The van der Waals surface area contributed by atoms with Gasteiger partial charge in [-0.2, -0.15) is 11.8 Å². The molecule has 0 spiro atoms. The van der Waals surface area contributed by atoms with Crippen LogP contribution >= 0.6 is 11.8 Å². The number of ether oxygens (including phenoxy) is 1. The minimum absolute atomic E-state index is 0.589. The van der Waals surface area contributed by atoms with Crippen LogP contribution in [0, 0.1) is 5.92 Å². The summed E-state index contributed by atoms with van der Waals surface area (Å²) in [7, 11) is 0. The van der Waals surface area contributed by atoms with Crippen LogP contribution in [0.25, 0.3) is 0 Å². The second-order valence-electron chi connectivity index (χ2n) is 4.26. The first-order valence-electron chi connectivity index (χ1n) is 6.27. The van der Waals surface area contributed by atoms with Crippen molar-refractivity contribution in [1.29, 1.82) is 0 Å². The second-order valence-corrected chi connectivity index (χ2v) is 5.41. The van der Waals surface area contributed by atoms with E-state index < -0.39 is 0 Å². The lowest BCUT2D eigenvalue weighted by Crippen LogP contribution is -2.40. The summed E-state index contributed by atoms with van der Waals surface area (Å²) in [5.41, 5.74) is 0. The molecule has 0 bridgehead atoms. The van der Waals surface area contributed by atoms with Crippen molar-refractivity contribution >= 4 is 11.8 Å². The zero-order valence-corrected chi connectivity index (χ0v) is 10.9. The van der Waals surface area contributed by atoms with Crippen LogP contribution in [0.15, 0.2) is 0 Å². The fourth-order valence-corrected chi connectivity index (χ4v) is 3.25. The number of hydrogen-bond acceptors (Lipinski definition) is 3. The molecule has 2 nitrogen and oxygen atoms in total. The highest BCUT2D eigenvalue weighted by molar-refractivity contribution is 7.99. The number of rotatable bonds is 8. The van der Waals surface area contributed by atoms with Crippen molar-refractivity contribution in [3.05, 3.63) is 0 Å². The molecule has 0 radical (unpaired) electrons. The molecular formula is C12H25NOS. The molecule has 1 fully saturated rings. The first-order valence-corrected chi connectivity index (χ1v) is 7.42. The van der Waals surface area contributed by atoms with Crippen molar-refractivity contribution in [3.63, 3.8) is 0 Å². The summed E-state index contributed by atoms with van der Waals surface area (Å²) in [6.07, 6.45) is 3.70. The number of hydrogen-bond donors (Lipinski definition) is 1. The van der Waals surface area contributed by atoms with Crippen LogP contribution in [0.4, 0.5) is 0 Å². The monoisotopic (exact) mass is 231 g/mol. The van der Waals surface area contributed by atoms with Gasteiger partial charge >= 0.3 is 0 Å². The molecule has 15 heavy (non-hydrogen) atoms. The van der Waals surface area contributed by atoms with Gasteiger partial charge < -0.3 is 10.1 Å². The molecule has 90 valence electrons. The third kappa shape index (κ3) is 5.23. The summed E-state index contributed by atoms with van der Waals surface area (Å²) >= 11 is 2.09. The third-order valence-electron chi connectivity index (χ3n) is 2.84. The molecule has 0 aromatic heterocycles. The molecule has 0 aliphatic carbocycles. The minimum atomic E-state index is 0.589. The van der Waals surface area contributed by atoms with E-state index in [2.05, 4.69) is 30.9 Å². The van der Waals surface area contributed by atoms with Gasteiger partial charge in [0.1, 0.15) is 0 Å². The fourth-order valence-electron chi connectivity index (χ4n) is 1.92. The molecule has 0 aromatic carbocycles. The standard InChI is InChI=1S/C12H25NOS/c1-3-6-13-12(9-14-7-4-2)11-5-8-15-10-11/h11-13H,3-10H2,1-2H3. The molecule has 0 saturated carbocycles. The van der Waals surface area contributed by atoms with Gasteiger partial charge in [-0.25, -0.2) is 0 Å². The normalized spacial score (nSPS) is 23.2. The van der Waals surface area contributed by atoms with E-state index in [-0.39, 0.29) is 0 Å². The molecule has 1 N–H and O–H groups in total. The maximum Gasteiger partial charge on any atom is 0.0622 e. The molecule has 3 heteroatoms. The van der Waals surface area contributed by atoms with Crippen LogP contribution in [0.2, 0.25) is 0 Å². The number of thioether (sulfide) groups is 1. The molecular weight excluding hydrogens is 206 g/mol. The van der Waals surface area contributed by atoms with Crippen molar-refractivity contribution in [2.24, 2.45) is 5.92 Å². The van der Waals surface area contributed by atoms with Crippen molar-refractivity contribution in [2.45, 2.75) is 39.2 Å². The van der Waals surface area contributed by atoms with E-state index in [1.807, 2.05) is 0 Å². The van der Waals surface area contributed by atoms with E-state index in [1.165, 1.54) is 24.3 Å².